The SMILES string of the molecule is CN(Cc1cc2nc(C#N)ccc2[nH]1)C(=O)OC(C)(C)C. The predicted octanol–water partition coefficient (Wildman–Crippen LogP) is 2.80. The lowest BCUT2D eigenvalue weighted by Gasteiger charge is -2.24. The molecule has 6 heteroatoms. The van der Waals surface area contributed by atoms with Gasteiger partial charge in [-0.25, -0.2) is 9.78 Å². The van der Waals surface area contributed by atoms with Gasteiger partial charge in [0.2, 0.25) is 0 Å². The number of nitrogens with one attached hydrogen (secondary N) is 1. The van der Waals surface area contributed by atoms with Crippen molar-refractivity contribution in [3.8, 4) is 6.07 Å². The van der Waals surface area contributed by atoms with Gasteiger partial charge in [-0.15, -0.1) is 0 Å². The quantitative estimate of drug-likeness (QED) is 0.920. The molecule has 0 atom stereocenters. The Bertz CT molecular complexity index is 707. The standard InChI is InChI=1S/C15H18N4O2/c1-15(2,3)21-14(20)19(4)9-11-7-13-12(18-11)6-5-10(8-16)17-13/h5-7,18H,9H2,1-4H3. The molecule has 0 fully saturated rings. The van der Waals surface area contributed by atoms with Gasteiger partial charge in [0.25, 0.3) is 0 Å². The minimum atomic E-state index is -0.519. The normalized spacial score (nSPS) is 11.2. The van der Waals surface area contributed by atoms with E-state index in [4.69, 9.17) is 10.00 Å². The summed E-state index contributed by atoms with van der Waals surface area (Å²) in [5.41, 5.74) is 2.23. The summed E-state index contributed by atoms with van der Waals surface area (Å²) >= 11 is 0. The number of H-pyrrole nitrogens is 1. The summed E-state index contributed by atoms with van der Waals surface area (Å²) in [5.74, 6) is 0. The van der Waals surface area contributed by atoms with Crippen molar-refractivity contribution < 1.29 is 9.53 Å². The van der Waals surface area contributed by atoms with Gasteiger partial charge < -0.3 is 14.6 Å². The van der Waals surface area contributed by atoms with Crippen molar-refractivity contribution >= 4 is 17.1 Å². The average molecular weight is 286 g/mol. The van der Waals surface area contributed by atoms with Crippen LogP contribution in [0.2, 0.25) is 0 Å². The number of pyridine rings is 1. The molecule has 0 spiro atoms. The van der Waals surface area contributed by atoms with Crippen molar-refractivity contribution in [3.05, 3.63) is 29.6 Å². The average Bonchev–Trinajstić information content (AvgIpc) is 2.77. The zero-order chi connectivity index (χ0) is 15.6. The summed E-state index contributed by atoms with van der Waals surface area (Å²) in [6.07, 6.45) is -0.383. The summed E-state index contributed by atoms with van der Waals surface area (Å²) in [5, 5.41) is 8.84. The molecule has 0 aliphatic carbocycles. The van der Waals surface area contributed by atoms with Crippen molar-refractivity contribution in [2.45, 2.75) is 32.9 Å². The number of aromatic nitrogens is 2. The van der Waals surface area contributed by atoms with E-state index < -0.39 is 5.60 Å². The smallest absolute Gasteiger partial charge is 0.410 e. The van der Waals surface area contributed by atoms with Gasteiger partial charge in [-0.1, -0.05) is 0 Å². The number of nitriles is 1. The number of aromatic amines is 1. The fourth-order valence-corrected chi connectivity index (χ4v) is 1.87. The molecule has 0 aliphatic heterocycles. The monoisotopic (exact) mass is 286 g/mol. The van der Waals surface area contributed by atoms with Crippen LogP contribution in [0.4, 0.5) is 4.79 Å². The Kier molecular flexibility index (Phi) is 3.85. The minimum Gasteiger partial charge on any atom is -0.444 e. The highest BCUT2D eigenvalue weighted by Gasteiger charge is 2.20. The Balaban J connectivity index is 2.13. The molecule has 21 heavy (non-hydrogen) atoms. The predicted molar refractivity (Wildman–Crippen MR) is 78.5 cm³/mol. The molecule has 0 radical (unpaired) electrons. The van der Waals surface area contributed by atoms with Gasteiger partial charge in [0.15, 0.2) is 0 Å². The molecule has 0 aromatic carbocycles. The van der Waals surface area contributed by atoms with Crippen molar-refractivity contribution in [1.29, 1.82) is 5.26 Å². The molecular formula is C15H18N4O2. The number of fused-ring (bicyclic) bond motifs is 1. The van der Waals surface area contributed by atoms with Crippen LogP contribution in [0.25, 0.3) is 11.0 Å². The van der Waals surface area contributed by atoms with Gasteiger partial charge >= 0.3 is 6.09 Å². The molecule has 1 amide bonds. The summed E-state index contributed by atoms with van der Waals surface area (Å²) in [7, 11) is 1.67. The molecule has 2 aromatic heterocycles. The highest BCUT2D eigenvalue weighted by Crippen LogP contribution is 2.16. The number of ether oxygens (including phenoxy) is 1. The third kappa shape index (κ3) is 3.72. The zero-order valence-electron chi connectivity index (χ0n) is 12.6. The van der Waals surface area contributed by atoms with Gasteiger partial charge in [-0.05, 0) is 39.0 Å². The first-order valence-corrected chi connectivity index (χ1v) is 6.61. The molecule has 0 aliphatic rings. The van der Waals surface area contributed by atoms with Crippen LogP contribution in [0.1, 0.15) is 32.2 Å². The van der Waals surface area contributed by atoms with Crippen LogP contribution in [-0.4, -0.2) is 33.6 Å². The number of carbonyl (C=O) groups is 1. The molecule has 0 bridgehead atoms. The zero-order valence-corrected chi connectivity index (χ0v) is 12.6. The van der Waals surface area contributed by atoms with Gasteiger partial charge in [0.1, 0.15) is 17.4 Å². The van der Waals surface area contributed by atoms with Crippen LogP contribution in [0.3, 0.4) is 0 Å². The molecule has 1 N–H and O–H groups in total. The van der Waals surface area contributed by atoms with E-state index in [2.05, 4.69) is 9.97 Å². The van der Waals surface area contributed by atoms with Crippen molar-refractivity contribution in [2.24, 2.45) is 0 Å². The lowest BCUT2D eigenvalue weighted by molar-refractivity contribution is 0.0283. The summed E-state index contributed by atoms with van der Waals surface area (Å²) in [6.45, 7) is 5.87. The number of rotatable bonds is 2. The Morgan fingerprint density at radius 1 is 1.48 bits per heavy atom. The van der Waals surface area contributed by atoms with Crippen LogP contribution < -0.4 is 0 Å². The van der Waals surface area contributed by atoms with Gasteiger partial charge in [-0.3, -0.25) is 0 Å². The molecule has 0 saturated carbocycles. The Hall–Kier alpha value is -2.55. The van der Waals surface area contributed by atoms with Crippen molar-refractivity contribution in [3.63, 3.8) is 0 Å². The number of carbonyl (C=O) groups excluding carboxylic acids is 1. The molecule has 2 heterocycles. The molecule has 2 rings (SSSR count). The number of amides is 1. The maximum Gasteiger partial charge on any atom is 0.410 e. The molecule has 6 nitrogen and oxygen atoms in total. The van der Waals surface area contributed by atoms with Crippen molar-refractivity contribution in [2.75, 3.05) is 7.05 Å². The van der Waals surface area contributed by atoms with Crippen LogP contribution in [0.5, 0.6) is 0 Å². The largest absolute Gasteiger partial charge is 0.444 e. The first-order chi connectivity index (χ1) is 9.78. The molecule has 2 aromatic rings. The maximum absolute atomic E-state index is 11.9. The second kappa shape index (κ2) is 5.44. The second-order valence-corrected chi connectivity index (χ2v) is 5.87. The Morgan fingerprint density at radius 3 is 2.81 bits per heavy atom. The van der Waals surface area contributed by atoms with E-state index in [9.17, 15) is 4.79 Å². The number of nitrogens with zero attached hydrogens (tertiary/aromatic N) is 3. The first kappa shape index (κ1) is 14.9. The Labute approximate surface area is 123 Å². The molecule has 110 valence electrons. The Morgan fingerprint density at radius 2 is 2.19 bits per heavy atom. The van der Waals surface area contributed by atoms with Gasteiger partial charge in [0, 0.05) is 12.7 Å². The van der Waals surface area contributed by atoms with E-state index in [-0.39, 0.29) is 6.09 Å². The van der Waals surface area contributed by atoms with Gasteiger partial charge in [-0.2, -0.15) is 5.26 Å². The minimum absolute atomic E-state index is 0.369. The summed E-state index contributed by atoms with van der Waals surface area (Å²) < 4.78 is 5.30. The van der Waals surface area contributed by atoms with Crippen LogP contribution in [0, 0.1) is 11.3 Å². The van der Waals surface area contributed by atoms with E-state index in [1.54, 1.807) is 19.2 Å². The van der Waals surface area contributed by atoms with Crippen molar-refractivity contribution in [1.82, 2.24) is 14.9 Å². The fourth-order valence-electron chi connectivity index (χ4n) is 1.87. The fraction of sp³-hybridized carbons (Fsp3) is 0.400. The third-order valence-electron chi connectivity index (χ3n) is 2.76. The van der Waals surface area contributed by atoms with Gasteiger partial charge in [0.05, 0.1) is 17.6 Å². The second-order valence-electron chi connectivity index (χ2n) is 5.87. The van der Waals surface area contributed by atoms with E-state index in [0.717, 1.165) is 11.2 Å². The van der Waals surface area contributed by atoms with Crippen LogP contribution in [-0.2, 0) is 11.3 Å². The molecular weight excluding hydrogens is 268 g/mol. The number of hydrogen-bond acceptors (Lipinski definition) is 4. The van der Waals surface area contributed by atoms with E-state index in [1.807, 2.05) is 32.9 Å². The lowest BCUT2D eigenvalue weighted by atomic mass is 10.2. The van der Waals surface area contributed by atoms with E-state index in [1.165, 1.54) is 4.90 Å². The molecule has 0 unspecified atom stereocenters. The topological polar surface area (TPSA) is 82.0 Å². The molecule has 0 saturated heterocycles. The third-order valence-corrected chi connectivity index (χ3v) is 2.76. The summed E-state index contributed by atoms with van der Waals surface area (Å²) in [6, 6.07) is 7.29. The highest BCUT2D eigenvalue weighted by molar-refractivity contribution is 5.77. The van der Waals surface area contributed by atoms with Crippen LogP contribution in [0.15, 0.2) is 18.2 Å². The highest BCUT2D eigenvalue weighted by atomic mass is 16.6. The lowest BCUT2D eigenvalue weighted by Crippen LogP contribution is -2.33. The van der Waals surface area contributed by atoms with E-state index in [0.29, 0.717) is 17.8 Å². The number of hydrogen-bond donors (Lipinski definition) is 1. The maximum atomic E-state index is 11.9. The van der Waals surface area contributed by atoms with Crippen LogP contribution >= 0.6 is 0 Å². The van der Waals surface area contributed by atoms with E-state index >= 15 is 0 Å². The first-order valence-electron chi connectivity index (χ1n) is 6.61. The summed E-state index contributed by atoms with van der Waals surface area (Å²) in [4.78, 5) is 20.8.